The average Bonchev–Trinajstić information content (AvgIpc) is 3.58. The number of fused-ring (bicyclic) bond motifs is 7. The summed E-state index contributed by atoms with van der Waals surface area (Å²) in [5.41, 5.74) is 13.8. The van der Waals surface area contributed by atoms with Crippen molar-refractivity contribution in [2.75, 3.05) is 0 Å². The van der Waals surface area contributed by atoms with Gasteiger partial charge in [-0.25, -0.2) is 0 Å². The first kappa shape index (κ1) is 32.0. The lowest BCUT2D eigenvalue weighted by atomic mass is 9.57. The second-order valence-electron chi connectivity index (χ2n) is 15.1. The zero-order chi connectivity index (χ0) is 35.3. The molecule has 51 heavy (non-hydrogen) atoms. The van der Waals surface area contributed by atoms with Crippen LogP contribution < -0.4 is 0 Å². The van der Waals surface area contributed by atoms with Gasteiger partial charge in [0, 0.05) is 10.8 Å². The smallest absolute Gasteiger partial charge is 0.170 e. The minimum Gasteiger partial charge on any atom is -0.170 e. The van der Waals surface area contributed by atoms with Gasteiger partial charge in [0.15, 0.2) is 0 Å². The summed E-state index contributed by atoms with van der Waals surface area (Å²) in [6.45, 7) is 8.27. The number of halogens is 3. The lowest BCUT2D eigenvalue weighted by Crippen LogP contribution is -2.40. The fourth-order valence-corrected chi connectivity index (χ4v) is 10.0. The highest BCUT2D eigenvalue weighted by Crippen LogP contribution is 2.59. The molecule has 3 heteroatoms. The molecule has 2 atom stereocenters. The molecule has 9 rings (SSSR count). The van der Waals surface area contributed by atoms with Gasteiger partial charge in [-0.15, -0.1) is 0 Å². The van der Waals surface area contributed by atoms with E-state index in [0.717, 1.165) is 36.8 Å². The van der Waals surface area contributed by atoms with Crippen LogP contribution in [-0.4, -0.2) is 6.18 Å². The molecule has 3 aliphatic rings. The van der Waals surface area contributed by atoms with Gasteiger partial charge in [-0.05, 0) is 128 Å². The van der Waals surface area contributed by atoms with Crippen LogP contribution >= 0.6 is 0 Å². The molecule has 0 saturated heterocycles. The van der Waals surface area contributed by atoms with Crippen molar-refractivity contribution in [3.05, 3.63) is 166 Å². The van der Waals surface area contributed by atoms with Crippen LogP contribution in [0.15, 0.2) is 127 Å². The lowest BCUT2D eigenvalue weighted by Gasteiger charge is -2.46. The predicted octanol–water partition coefficient (Wildman–Crippen LogP) is 13.2. The maximum absolute atomic E-state index is 14.8. The van der Waals surface area contributed by atoms with E-state index in [9.17, 15) is 13.2 Å². The molecule has 0 radical (unpaired) electrons. The van der Waals surface area contributed by atoms with E-state index in [-0.39, 0.29) is 10.8 Å². The first-order chi connectivity index (χ1) is 24.6. The van der Waals surface area contributed by atoms with Crippen LogP contribution in [0.5, 0.6) is 0 Å². The summed E-state index contributed by atoms with van der Waals surface area (Å²) < 4.78 is 44.3. The zero-order valence-electron chi connectivity index (χ0n) is 29.6. The van der Waals surface area contributed by atoms with Gasteiger partial charge in [0.05, 0.1) is 0 Å². The molecule has 0 heterocycles. The van der Waals surface area contributed by atoms with Gasteiger partial charge < -0.3 is 0 Å². The maximum Gasteiger partial charge on any atom is 0.402 e. The van der Waals surface area contributed by atoms with Gasteiger partial charge in [-0.1, -0.05) is 136 Å². The molecule has 2 unspecified atom stereocenters. The lowest BCUT2D eigenvalue weighted by molar-refractivity contribution is -0.172. The van der Waals surface area contributed by atoms with E-state index in [1.807, 2.05) is 18.2 Å². The molecule has 0 aromatic heterocycles. The minimum atomic E-state index is -4.42. The van der Waals surface area contributed by atoms with Crippen LogP contribution in [0.2, 0.25) is 0 Å². The summed E-state index contributed by atoms with van der Waals surface area (Å²) in [5, 5.41) is 0. The zero-order valence-corrected chi connectivity index (χ0v) is 29.6. The van der Waals surface area contributed by atoms with E-state index < -0.39 is 11.6 Å². The van der Waals surface area contributed by atoms with Crippen LogP contribution in [0.3, 0.4) is 0 Å². The van der Waals surface area contributed by atoms with Crippen LogP contribution in [0, 0.1) is 0 Å². The monoisotopic (exact) mass is 674 g/mol. The molecule has 0 fully saturated rings. The highest BCUT2D eigenvalue weighted by atomic mass is 19.4. The summed E-state index contributed by atoms with van der Waals surface area (Å²) in [5.74, 6) is 0. The molecule has 0 bridgehead atoms. The Kier molecular flexibility index (Phi) is 6.95. The molecule has 254 valence electrons. The van der Waals surface area contributed by atoms with E-state index in [4.69, 9.17) is 0 Å². The van der Waals surface area contributed by atoms with Gasteiger partial charge in [0.1, 0.15) is 5.41 Å². The van der Waals surface area contributed by atoms with Crippen LogP contribution in [0.25, 0.3) is 44.5 Å². The maximum atomic E-state index is 14.8. The molecule has 0 N–H and O–H groups in total. The van der Waals surface area contributed by atoms with Gasteiger partial charge in [-0.2, -0.15) is 13.2 Å². The Morgan fingerprint density at radius 2 is 1.04 bits per heavy atom. The van der Waals surface area contributed by atoms with E-state index in [2.05, 4.69) is 106 Å². The number of rotatable bonds is 6. The van der Waals surface area contributed by atoms with Crippen LogP contribution in [-0.2, 0) is 22.7 Å². The van der Waals surface area contributed by atoms with E-state index in [1.165, 1.54) is 57.0 Å². The normalized spacial score (nSPS) is 20.5. The fourth-order valence-electron chi connectivity index (χ4n) is 10.0. The van der Waals surface area contributed by atoms with Crippen molar-refractivity contribution in [2.45, 2.75) is 75.8 Å². The molecule has 0 nitrogen and oxygen atoms in total. The Morgan fingerprint density at radius 3 is 1.69 bits per heavy atom. The van der Waals surface area contributed by atoms with Gasteiger partial charge >= 0.3 is 6.18 Å². The molecule has 0 saturated carbocycles. The van der Waals surface area contributed by atoms with Crippen molar-refractivity contribution in [2.24, 2.45) is 0 Å². The first-order valence-electron chi connectivity index (χ1n) is 18.4. The number of hydrogen-bond acceptors (Lipinski definition) is 0. The first-order valence-corrected chi connectivity index (χ1v) is 18.4. The Morgan fingerprint density at radius 1 is 0.490 bits per heavy atom. The highest BCUT2D eigenvalue weighted by Gasteiger charge is 2.58. The summed E-state index contributed by atoms with van der Waals surface area (Å²) in [6, 6.07) is 44.0. The van der Waals surface area contributed by atoms with Crippen molar-refractivity contribution in [3.63, 3.8) is 0 Å². The van der Waals surface area contributed by atoms with Crippen molar-refractivity contribution in [1.82, 2.24) is 0 Å². The summed E-state index contributed by atoms with van der Waals surface area (Å²) in [7, 11) is 0. The van der Waals surface area contributed by atoms with Crippen molar-refractivity contribution in [3.8, 4) is 44.5 Å². The average molecular weight is 675 g/mol. The van der Waals surface area contributed by atoms with E-state index >= 15 is 0 Å². The predicted molar refractivity (Wildman–Crippen MR) is 203 cm³/mol. The molecule has 6 aromatic carbocycles. The molecule has 6 aromatic rings. The summed E-state index contributed by atoms with van der Waals surface area (Å²) in [6.07, 6.45) is -0.382. The highest BCUT2D eigenvalue weighted by molar-refractivity contribution is 5.87. The van der Waals surface area contributed by atoms with Crippen LogP contribution in [0.4, 0.5) is 13.2 Å². The summed E-state index contributed by atoms with van der Waals surface area (Å²) >= 11 is 0. The summed E-state index contributed by atoms with van der Waals surface area (Å²) in [4.78, 5) is 0. The SMILES string of the molecule is CCC1(c2ccc(-c3ccc4c(c3)C(C)(C(F)(F)F)c3ccccc3-4)cc2)Cc2cc3c(cc21)C(CC)(CC)c1cc(-c2ccccc2)ccc1-3. The van der Waals surface area contributed by atoms with Crippen molar-refractivity contribution < 1.29 is 13.2 Å². The van der Waals surface area contributed by atoms with Gasteiger partial charge in [0.2, 0.25) is 0 Å². The largest absolute Gasteiger partial charge is 0.402 e. The van der Waals surface area contributed by atoms with Crippen molar-refractivity contribution >= 4 is 0 Å². The third-order valence-electron chi connectivity index (χ3n) is 13.2. The molecule has 3 aliphatic carbocycles. The number of hydrogen-bond donors (Lipinski definition) is 0. The molecule has 0 amide bonds. The Labute approximate surface area is 299 Å². The third-order valence-corrected chi connectivity index (χ3v) is 13.2. The standard InChI is InChI=1S/C48H41F3/c1-5-46(6-2)43-27-33(30-13-9-8-10-14-30)20-24-38(43)39-25-34-29-47(7-3,41(34)28-44(39)46)35-21-17-31(18-22-35)32-19-23-37-36-15-11-12-16-40(36)45(4,42(37)26-32)48(49,50)51/h8-28H,5-7,29H2,1-4H3. The minimum absolute atomic E-state index is 0.0401. The van der Waals surface area contributed by atoms with Crippen molar-refractivity contribution in [1.29, 1.82) is 0 Å². The van der Waals surface area contributed by atoms with Gasteiger partial charge in [0.25, 0.3) is 0 Å². The fraction of sp³-hybridized carbons (Fsp3) is 0.250. The molecular weight excluding hydrogens is 634 g/mol. The number of benzene rings is 6. The quantitative estimate of drug-likeness (QED) is 0.165. The second kappa shape index (κ2) is 11.1. The molecular formula is C48H41F3. The molecule has 0 spiro atoms. The van der Waals surface area contributed by atoms with E-state index in [1.54, 1.807) is 24.3 Å². The second-order valence-corrected chi connectivity index (χ2v) is 15.1. The third kappa shape index (κ3) is 4.21. The molecule has 0 aliphatic heterocycles. The van der Waals surface area contributed by atoms with Gasteiger partial charge in [-0.3, -0.25) is 0 Å². The van der Waals surface area contributed by atoms with E-state index in [0.29, 0.717) is 22.3 Å². The Balaban J connectivity index is 1.09. The number of alkyl halides is 3. The topological polar surface area (TPSA) is 0 Å². The Bertz CT molecular complexity index is 2340. The Hall–Kier alpha value is -4.89. The van der Waals surface area contributed by atoms with Crippen LogP contribution in [0.1, 0.15) is 85.9 Å².